The largest absolute Gasteiger partial charge is 0.322 e. The summed E-state index contributed by atoms with van der Waals surface area (Å²) in [7, 11) is 0. The van der Waals surface area contributed by atoms with Gasteiger partial charge in [-0.2, -0.15) is 0 Å². The lowest BCUT2D eigenvalue weighted by atomic mass is 10.1. The van der Waals surface area contributed by atoms with Gasteiger partial charge in [-0.15, -0.1) is 11.3 Å². The van der Waals surface area contributed by atoms with E-state index in [4.69, 9.17) is 4.98 Å². The number of thiophene rings is 1. The van der Waals surface area contributed by atoms with E-state index in [1.54, 1.807) is 36.4 Å². The van der Waals surface area contributed by atoms with Crippen molar-refractivity contribution in [2.75, 3.05) is 10.6 Å². The Labute approximate surface area is 189 Å². The number of hydrogen-bond acceptors (Lipinski definition) is 5. The number of aryl methyl sites for hydroxylation is 3. The van der Waals surface area contributed by atoms with E-state index in [2.05, 4.69) is 20.2 Å². The molecule has 0 bridgehead atoms. The lowest BCUT2D eigenvalue weighted by Crippen LogP contribution is -2.14. The second-order valence-corrected chi connectivity index (χ2v) is 8.89. The molecule has 3 aromatic heterocycles. The number of carbonyl (C=O) groups is 2. The molecule has 1 aliphatic rings. The first kappa shape index (κ1) is 20.4. The van der Waals surface area contributed by atoms with Gasteiger partial charge in [0.1, 0.15) is 11.3 Å². The van der Waals surface area contributed by atoms with Crippen LogP contribution in [-0.2, 0) is 13.0 Å². The standard InChI is InChI=1S/C24H23N5O2S/c1-15-13-18(21-22(25-15)29-11-4-2-3-10-20(29)28-21)23(30)26-16-7-5-8-17(14-16)27-24(31)19-9-6-12-32-19/h5-9,12-14H,2-4,10-11H2,1H3,(H,26,30)(H,27,31). The van der Waals surface area contributed by atoms with E-state index in [9.17, 15) is 9.59 Å². The zero-order valence-corrected chi connectivity index (χ0v) is 18.5. The van der Waals surface area contributed by atoms with Crippen molar-refractivity contribution in [1.29, 1.82) is 0 Å². The zero-order chi connectivity index (χ0) is 22.1. The summed E-state index contributed by atoms with van der Waals surface area (Å²) in [6, 6.07) is 12.5. The van der Waals surface area contributed by atoms with Crippen molar-refractivity contribution >= 4 is 45.7 Å². The molecule has 0 spiro atoms. The van der Waals surface area contributed by atoms with Crippen LogP contribution in [0.5, 0.6) is 0 Å². The van der Waals surface area contributed by atoms with Crippen molar-refractivity contribution in [3.05, 3.63) is 69.8 Å². The molecule has 162 valence electrons. The topological polar surface area (TPSA) is 88.9 Å². The molecule has 1 aromatic carbocycles. The van der Waals surface area contributed by atoms with Crippen LogP contribution in [0, 0.1) is 6.92 Å². The molecule has 0 fully saturated rings. The van der Waals surface area contributed by atoms with E-state index in [0.29, 0.717) is 27.3 Å². The van der Waals surface area contributed by atoms with Crippen LogP contribution >= 0.6 is 11.3 Å². The highest BCUT2D eigenvalue weighted by molar-refractivity contribution is 7.12. The predicted molar refractivity (Wildman–Crippen MR) is 126 cm³/mol. The summed E-state index contributed by atoms with van der Waals surface area (Å²) in [5, 5.41) is 7.68. The minimum atomic E-state index is -0.240. The van der Waals surface area contributed by atoms with Crippen molar-refractivity contribution in [2.45, 2.75) is 39.2 Å². The van der Waals surface area contributed by atoms with Gasteiger partial charge in [0.05, 0.1) is 10.4 Å². The minimum absolute atomic E-state index is 0.172. The number of rotatable bonds is 4. The normalized spacial score (nSPS) is 13.4. The number of nitrogens with one attached hydrogen (secondary N) is 2. The molecule has 0 unspecified atom stereocenters. The molecular formula is C24H23N5O2S. The van der Waals surface area contributed by atoms with Gasteiger partial charge >= 0.3 is 0 Å². The van der Waals surface area contributed by atoms with Crippen LogP contribution < -0.4 is 10.6 Å². The lowest BCUT2D eigenvalue weighted by Gasteiger charge is -2.10. The van der Waals surface area contributed by atoms with Crippen molar-refractivity contribution < 1.29 is 9.59 Å². The maximum absolute atomic E-state index is 13.2. The van der Waals surface area contributed by atoms with Crippen LogP contribution in [0.15, 0.2) is 47.8 Å². The Morgan fingerprint density at radius 3 is 2.56 bits per heavy atom. The number of pyridine rings is 1. The summed E-state index contributed by atoms with van der Waals surface area (Å²) in [6.07, 6.45) is 4.29. The van der Waals surface area contributed by atoms with Gasteiger partial charge in [-0.25, -0.2) is 9.97 Å². The van der Waals surface area contributed by atoms with Crippen LogP contribution in [0.2, 0.25) is 0 Å². The summed E-state index contributed by atoms with van der Waals surface area (Å²) in [6.45, 7) is 2.78. The van der Waals surface area contributed by atoms with Crippen LogP contribution in [0.25, 0.3) is 11.2 Å². The Kier molecular flexibility index (Phi) is 5.45. The number of amides is 2. The summed E-state index contributed by atoms with van der Waals surface area (Å²) in [4.78, 5) is 35.6. The fraction of sp³-hybridized carbons (Fsp3) is 0.250. The van der Waals surface area contributed by atoms with E-state index in [1.165, 1.54) is 17.8 Å². The fourth-order valence-corrected chi connectivity index (χ4v) is 4.68. The molecule has 2 N–H and O–H groups in total. The Morgan fingerprint density at radius 2 is 1.78 bits per heavy atom. The Morgan fingerprint density at radius 1 is 0.969 bits per heavy atom. The summed E-state index contributed by atoms with van der Waals surface area (Å²) in [5.41, 5.74) is 3.94. The van der Waals surface area contributed by atoms with Gasteiger partial charge in [-0.05, 0) is 55.5 Å². The third-order valence-electron chi connectivity index (χ3n) is 5.56. The van der Waals surface area contributed by atoms with E-state index < -0.39 is 0 Å². The van der Waals surface area contributed by atoms with Crippen molar-refractivity contribution in [1.82, 2.24) is 14.5 Å². The highest BCUT2D eigenvalue weighted by Crippen LogP contribution is 2.25. The third kappa shape index (κ3) is 4.01. The van der Waals surface area contributed by atoms with Crippen LogP contribution in [0.3, 0.4) is 0 Å². The molecule has 7 nitrogen and oxygen atoms in total. The molecule has 0 saturated carbocycles. The monoisotopic (exact) mass is 445 g/mol. The highest BCUT2D eigenvalue weighted by atomic mass is 32.1. The number of fused-ring (bicyclic) bond motifs is 3. The van der Waals surface area contributed by atoms with Crippen LogP contribution in [0.4, 0.5) is 11.4 Å². The number of carbonyl (C=O) groups excluding carboxylic acids is 2. The van der Waals surface area contributed by atoms with Gasteiger partial charge in [0.15, 0.2) is 5.65 Å². The van der Waals surface area contributed by atoms with Gasteiger partial charge in [-0.3, -0.25) is 9.59 Å². The molecule has 5 rings (SSSR count). The quantitative estimate of drug-likeness (QED) is 0.461. The van der Waals surface area contributed by atoms with Gasteiger partial charge in [-0.1, -0.05) is 18.6 Å². The smallest absolute Gasteiger partial charge is 0.265 e. The first-order valence-electron chi connectivity index (χ1n) is 10.7. The molecular weight excluding hydrogens is 422 g/mol. The SMILES string of the molecule is Cc1cc(C(=O)Nc2cccc(NC(=O)c3cccs3)c2)c2nc3n(c2n1)CCCCC3. The summed E-state index contributed by atoms with van der Waals surface area (Å²) >= 11 is 1.38. The average Bonchev–Trinajstić information content (AvgIpc) is 3.36. The number of hydrogen-bond donors (Lipinski definition) is 2. The Balaban J connectivity index is 1.41. The van der Waals surface area contributed by atoms with Gasteiger partial charge < -0.3 is 15.2 Å². The summed E-state index contributed by atoms with van der Waals surface area (Å²) < 4.78 is 2.16. The van der Waals surface area contributed by atoms with Gasteiger partial charge in [0, 0.05) is 30.0 Å². The third-order valence-corrected chi connectivity index (χ3v) is 6.43. The number of imidazole rings is 1. The number of aromatic nitrogens is 3. The molecule has 0 saturated heterocycles. The molecule has 4 aromatic rings. The van der Waals surface area contributed by atoms with Crippen LogP contribution in [0.1, 0.15) is 50.8 Å². The highest BCUT2D eigenvalue weighted by Gasteiger charge is 2.21. The molecule has 0 aliphatic carbocycles. The second kappa shape index (κ2) is 8.55. The van der Waals surface area contributed by atoms with Crippen molar-refractivity contribution in [3.8, 4) is 0 Å². The average molecular weight is 446 g/mol. The van der Waals surface area contributed by atoms with Crippen molar-refractivity contribution in [2.24, 2.45) is 0 Å². The van der Waals surface area contributed by atoms with E-state index in [0.717, 1.165) is 43.0 Å². The maximum atomic E-state index is 13.2. The molecule has 0 radical (unpaired) electrons. The van der Waals surface area contributed by atoms with Crippen molar-refractivity contribution in [3.63, 3.8) is 0 Å². The maximum Gasteiger partial charge on any atom is 0.265 e. The minimum Gasteiger partial charge on any atom is -0.322 e. The fourth-order valence-electron chi connectivity index (χ4n) is 4.06. The summed E-state index contributed by atoms with van der Waals surface area (Å²) in [5.74, 6) is 0.591. The van der Waals surface area contributed by atoms with Gasteiger partial charge in [0.25, 0.3) is 11.8 Å². The van der Waals surface area contributed by atoms with E-state index >= 15 is 0 Å². The first-order valence-corrected chi connectivity index (χ1v) is 11.6. The second-order valence-electron chi connectivity index (χ2n) is 7.94. The lowest BCUT2D eigenvalue weighted by molar-refractivity contribution is 0.102. The van der Waals surface area contributed by atoms with Crippen LogP contribution in [-0.4, -0.2) is 26.3 Å². The Hall–Kier alpha value is -3.52. The number of benzene rings is 1. The molecule has 32 heavy (non-hydrogen) atoms. The molecule has 4 heterocycles. The molecule has 0 atom stereocenters. The van der Waals surface area contributed by atoms with Gasteiger partial charge in [0.2, 0.25) is 0 Å². The number of nitrogens with zero attached hydrogens (tertiary/aromatic N) is 3. The molecule has 1 aliphatic heterocycles. The van der Waals surface area contributed by atoms with E-state index in [-0.39, 0.29) is 11.8 Å². The zero-order valence-electron chi connectivity index (χ0n) is 17.7. The first-order chi connectivity index (χ1) is 15.6. The number of anilines is 2. The molecule has 2 amide bonds. The molecule has 8 heteroatoms. The predicted octanol–water partition coefficient (Wildman–Crippen LogP) is 5.03. The van der Waals surface area contributed by atoms with E-state index in [1.807, 2.05) is 18.4 Å². The Bertz CT molecular complexity index is 1310.